The molecule has 0 aromatic heterocycles. The first-order valence-corrected chi connectivity index (χ1v) is 13.9. The number of fused-ring (bicyclic) bond motifs is 2. The van der Waals surface area contributed by atoms with Crippen LogP contribution in [0.25, 0.3) is 0 Å². The molecule has 0 aliphatic heterocycles. The lowest BCUT2D eigenvalue weighted by molar-refractivity contribution is -0.157. The Bertz CT molecular complexity index is 845. The quantitative estimate of drug-likeness (QED) is 0.460. The molecule has 0 aromatic rings. The molecule has 5 saturated carbocycles. The zero-order valence-corrected chi connectivity index (χ0v) is 21.9. The van der Waals surface area contributed by atoms with E-state index in [-0.39, 0.29) is 23.4 Å². The van der Waals surface area contributed by atoms with E-state index >= 15 is 0 Å². The minimum absolute atomic E-state index is 0.140. The molecule has 0 amide bonds. The fourth-order valence-electron chi connectivity index (χ4n) is 11.0. The molecule has 5 aliphatic rings. The summed E-state index contributed by atoms with van der Waals surface area (Å²) >= 11 is 0. The maximum atomic E-state index is 12.8. The predicted octanol–water partition coefficient (Wildman–Crippen LogP) is 6.32. The monoisotopic (exact) mass is 456 g/mol. The highest BCUT2D eigenvalue weighted by Gasteiger charge is 2.82. The summed E-state index contributed by atoms with van der Waals surface area (Å²) in [6.07, 6.45) is 12.1. The molecule has 5 aliphatic carbocycles. The highest BCUT2D eigenvalue weighted by atomic mass is 16.3. The molecule has 5 fully saturated rings. The molecule has 2 spiro atoms. The van der Waals surface area contributed by atoms with Gasteiger partial charge in [0.25, 0.3) is 0 Å². The molecule has 3 nitrogen and oxygen atoms in total. The lowest BCUT2D eigenvalue weighted by Gasteiger charge is -2.62. The third kappa shape index (κ3) is 2.90. The van der Waals surface area contributed by atoms with Crippen molar-refractivity contribution in [3.63, 3.8) is 0 Å². The summed E-state index contributed by atoms with van der Waals surface area (Å²) in [5.74, 6) is 2.68. The first-order chi connectivity index (χ1) is 15.4. The van der Waals surface area contributed by atoms with Gasteiger partial charge in [0.15, 0.2) is 0 Å². The van der Waals surface area contributed by atoms with Crippen LogP contribution in [0.15, 0.2) is 12.2 Å². The number of hydrogen-bond acceptors (Lipinski definition) is 3. The number of Topliss-reactive ketones (excluding diaryl/α,β-unsaturated/α-hetero) is 1. The Morgan fingerprint density at radius 1 is 0.970 bits per heavy atom. The third-order valence-electron chi connectivity index (χ3n) is 13.1. The van der Waals surface area contributed by atoms with Gasteiger partial charge >= 0.3 is 0 Å². The van der Waals surface area contributed by atoms with Crippen LogP contribution in [-0.2, 0) is 4.79 Å². The number of aliphatic hydroxyl groups is 2. The van der Waals surface area contributed by atoms with Gasteiger partial charge in [-0.25, -0.2) is 0 Å². The molecule has 3 heteroatoms. The smallest absolute Gasteiger partial charge is 0.138 e. The molecule has 0 saturated heterocycles. The van der Waals surface area contributed by atoms with Gasteiger partial charge in [0.2, 0.25) is 0 Å². The van der Waals surface area contributed by atoms with Gasteiger partial charge in [0.1, 0.15) is 5.78 Å². The Morgan fingerprint density at radius 2 is 1.64 bits per heavy atom. The fraction of sp³-hybridized carbons (Fsp3) is 0.900. The molecular weight excluding hydrogens is 408 g/mol. The van der Waals surface area contributed by atoms with E-state index < -0.39 is 6.10 Å². The normalized spacial score (nSPS) is 49.3. The molecule has 186 valence electrons. The van der Waals surface area contributed by atoms with Crippen LogP contribution in [-0.4, -0.2) is 28.7 Å². The van der Waals surface area contributed by atoms with Crippen LogP contribution in [0, 0.1) is 50.7 Å². The van der Waals surface area contributed by atoms with Crippen LogP contribution in [0.2, 0.25) is 0 Å². The predicted molar refractivity (Wildman–Crippen MR) is 133 cm³/mol. The summed E-state index contributed by atoms with van der Waals surface area (Å²) in [5.41, 5.74) is 2.19. The number of carbonyl (C=O) groups excluding carboxylic acids is 1. The topological polar surface area (TPSA) is 57.5 Å². The van der Waals surface area contributed by atoms with Crippen LogP contribution in [0.3, 0.4) is 0 Å². The van der Waals surface area contributed by atoms with Crippen molar-refractivity contribution in [1.82, 2.24) is 0 Å². The Hall–Kier alpha value is -0.670. The average Bonchev–Trinajstić information content (AvgIpc) is 3.35. The van der Waals surface area contributed by atoms with Crippen molar-refractivity contribution in [2.24, 2.45) is 50.7 Å². The Morgan fingerprint density at radius 3 is 2.30 bits per heavy atom. The maximum Gasteiger partial charge on any atom is 0.138 e. The summed E-state index contributed by atoms with van der Waals surface area (Å²) < 4.78 is 0. The van der Waals surface area contributed by atoms with Gasteiger partial charge in [-0.15, -0.1) is 0 Å². The van der Waals surface area contributed by atoms with E-state index in [4.69, 9.17) is 0 Å². The highest BCUT2D eigenvalue weighted by Crippen LogP contribution is 2.88. The Kier molecular flexibility index (Phi) is 5.40. The number of aliphatic hydroxyl groups excluding tert-OH is 2. The van der Waals surface area contributed by atoms with Gasteiger partial charge in [-0.1, -0.05) is 39.8 Å². The SMILES string of the molecule is C=C(C)C(O)CC[C@@H](CO)[C@H]1CC[C@@]2(C)[C@@H]3CC[C@H]4C(C)(C)C(=O)CC[C@@]45C[C@@]35CC[C@]12C. The second kappa shape index (κ2) is 7.42. The molecule has 5 rings (SSSR count). The summed E-state index contributed by atoms with van der Waals surface area (Å²) in [6, 6.07) is 0. The molecule has 1 unspecified atom stereocenters. The number of carbonyl (C=O) groups is 1. The molecular formula is C30H48O3. The number of ketones is 1. The first-order valence-electron chi connectivity index (χ1n) is 13.9. The van der Waals surface area contributed by atoms with Crippen molar-refractivity contribution in [3.8, 4) is 0 Å². The maximum absolute atomic E-state index is 12.8. The molecule has 0 radical (unpaired) electrons. The van der Waals surface area contributed by atoms with E-state index in [0.29, 0.717) is 40.3 Å². The van der Waals surface area contributed by atoms with Crippen molar-refractivity contribution in [2.75, 3.05) is 6.61 Å². The van der Waals surface area contributed by atoms with E-state index in [2.05, 4.69) is 34.3 Å². The van der Waals surface area contributed by atoms with Crippen LogP contribution in [0.4, 0.5) is 0 Å². The van der Waals surface area contributed by atoms with E-state index in [0.717, 1.165) is 30.8 Å². The minimum atomic E-state index is -0.451. The number of rotatable bonds is 6. The molecule has 33 heavy (non-hydrogen) atoms. The van der Waals surface area contributed by atoms with E-state index in [9.17, 15) is 15.0 Å². The van der Waals surface area contributed by atoms with Crippen molar-refractivity contribution in [2.45, 2.75) is 111 Å². The summed E-state index contributed by atoms with van der Waals surface area (Å²) in [6.45, 7) is 15.7. The van der Waals surface area contributed by atoms with Crippen LogP contribution in [0.1, 0.15) is 105 Å². The zero-order chi connectivity index (χ0) is 24.0. The van der Waals surface area contributed by atoms with Crippen molar-refractivity contribution in [3.05, 3.63) is 12.2 Å². The fourth-order valence-corrected chi connectivity index (χ4v) is 11.0. The van der Waals surface area contributed by atoms with Gasteiger partial charge in [0, 0.05) is 18.4 Å². The third-order valence-corrected chi connectivity index (χ3v) is 13.1. The highest BCUT2D eigenvalue weighted by molar-refractivity contribution is 5.86. The lowest BCUT2D eigenvalue weighted by atomic mass is 9.42. The lowest BCUT2D eigenvalue weighted by Crippen LogP contribution is -2.57. The Labute approximate surface area is 201 Å². The second-order valence-electron chi connectivity index (χ2n) is 14.2. The van der Waals surface area contributed by atoms with Gasteiger partial charge in [-0.05, 0) is 116 Å². The van der Waals surface area contributed by atoms with Crippen LogP contribution < -0.4 is 0 Å². The zero-order valence-electron chi connectivity index (χ0n) is 21.9. The molecule has 2 N–H and O–H groups in total. The Balaban J connectivity index is 1.41. The van der Waals surface area contributed by atoms with Crippen molar-refractivity contribution < 1.29 is 15.0 Å². The van der Waals surface area contributed by atoms with Gasteiger partial charge < -0.3 is 10.2 Å². The van der Waals surface area contributed by atoms with Gasteiger partial charge in [-0.3, -0.25) is 4.79 Å². The van der Waals surface area contributed by atoms with Crippen LogP contribution in [0.5, 0.6) is 0 Å². The van der Waals surface area contributed by atoms with Gasteiger partial charge in [-0.2, -0.15) is 0 Å². The van der Waals surface area contributed by atoms with Gasteiger partial charge in [0.05, 0.1) is 6.10 Å². The average molecular weight is 457 g/mol. The number of hydrogen-bond donors (Lipinski definition) is 2. The van der Waals surface area contributed by atoms with Crippen LogP contribution >= 0.6 is 0 Å². The van der Waals surface area contributed by atoms with Crippen molar-refractivity contribution in [1.29, 1.82) is 0 Å². The van der Waals surface area contributed by atoms with E-state index in [1.807, 2.05) is 6.92 Å². The standard InChI is InChI=1S/C30H48O3/c1-19(2)22(32)8-7-20(17-31)21-11-13-28(6)24-10-9-23-26(3,4)25(33)12-14-29(23)18-30(24,29)16-15-27(21,28)5/h20-24,31-32H,1,7-18H2,2-6H3/t20-,21+,22?,23-,24-,27+,28-,29+,30-/m0/s1. The molecule has 9 atom stereocenters. The van der Waals surface area contributed by atoms with E-state index in [1.165, 1.54) is 44.9 Å². The minimum Gasteiger partial charge on any atom is -0.396 e. The first kappa shape index (κ1) is 24.0. The molecule has 0 heterocycles. The van der Waals surface area contributed by atoms with E-state index in [1.54, 1.807) is 0 Å². The summed E-state index contributed by atoms with van der Waals surface area (Å²) in [5, 5.41) is 20.7. The summed E-state index contributed by atoms with van der Waals surface area (Å²) in [7, 11) is 0. The van der Waals surface area contributed by atoms with Crippen molar-refractivity contribution >= 4 is 5.78 Å². The second-order valence-corrected chi connectivity index (χ2v) is 14.2. The largest absolute Gasteiger partial charge is 0.396 e. The molecule has 0 aromatic carbocycles. The molecule has 0 bridgehead atoms. The summed E-state index contributed by atoms with van der Waals surface area (Å²) in [4.78, 5) is 12.8.